The van der Waals surface area contributed by atoms with Crippen LogP contribution in [0.5, 0.6) is 5.75 Å². The van der Waals surface area contributed by atoms with E-state index in [4.69, 9.17) is 16.3 Å². The highest BCUT2D eigenvalue weighted by Gasteiger charge is 2.18. The second kappa shape index (κ2) is 7.01. The van der Waals surface area contributed by atoms with Gasteiger partial charge in [0.15, 0.2) is 0 Å². The van der Waals surface area contributed by atoms with Crippen LogP contribution in [-0.4, -0.2) is 37.5 Å². The summed E-state index contributed by atoms with van der Waals surface area (Å²) in [6.07, 6.45) is 3.70. The van der Waals surface area contributed by atoms with E-state index in [-0.39, 0.29) is 0 Å². The maximum Gasteiger partial charge on any atom is 0.118 e. The Morgan fingerprint density at radius 3 is 2.78 bits per heavy atom. The van der Waals surface area contributed by atoms with Crippen molar-refractivity contribution < 1.29 is 4.74 Å². The maximum atomic E-state index is 5.96. The van der Waals surface area contributed by atoms with Crippen molar-refractivity contribution in [1.82, 2.24) is 4.90 Å². The van der Waals surface area contributed by atoms with E-state index in [2.05, 4.69) is 17.0 Å². The van der Waals surface area contributed by atoms with Gasteiger partial charge in [0.25, 0.3) is 0 Å². The SMILES string of the molecule is COc1ccc(CCN2CCCC(CCl)C2)cc1. The number of hydrogen-bond donors (Lipinski definition) is 0. The molecule has 1 heterocycles. The fraction of sp³-hybridized carbons (Fsp3) is 0.600. The van der Waals surface area contributed by atoms with E-state index in [1.165, 1.54) is 31.5 Å². The van der Waals surface area contributed by atoms with Crippen molar-refractivity contribution in [3.8, 4) is 5.75 Å². The van der Waals surface area contributed by atoms with Crippen LogP contribution in [0.15, 0.2) is 24.3 Å². The summed E-state index contributed by atoms with van der Waals surface area (Å²) in [5.74, 6) is 2.43. The summed E-state index contributed by atoms with van der Waals surface area (Å²) in [4.78, 5) is 2.54. The van der Waals surface area contributed by atoms with Gasteiger partial charge in [-0.25, -0.2) is 0 Å². The molecule has 0 radical (unpaired) electrons. The Hall–Kier alpha value is -0.730. The Morgan fingerprint density at radius 1 is 1.33 bits per heavy atom. The molecule has 0 N–H and O–H groups in total. The monoisotopic (exact) mass is 267 g/mol. The molecule has 100 valence electrons. The highest BCUT2D eigenvalue weighted by Crippen LogP contribution is 2.18. The van der Waals surface area contributed by atoms with Crippen LogP contribution < -0.4 is 4.74 Å². The maximum absolute atomic E-state index is 5.96. The number of rotatable bonds is 5. The summed E-state index contributed by atoms with van der Waals surface area (Å²) >= 11 is 5.96. The van der Waals surface area contributed by atoms with Gasteiger partial charge in [-0.15, -0.1) is 11.6 Å². The van der Waals surface area contributed by atoms with Crippen LogP contribution in [0.1, 0.15) is 18.4 Å². The minimum absolute atomic E-state index is 0.691. The first-order valence-electron chi connectivity index (χ1n) is 6.73. The third-order valence-corrected chi connectivity index (χ3v) is 4.13. The van der Waals surface area contributed by atoms with Gasteiger partial charge in [-0.05, 0) is 49.4 Å². The van der Waals surface area contributed by atoms with Crippen LogP contribution >= 0.6 is 11.6 Å². The number of likely N-dealkylation sites (tertiary alicyclic amines) is 1. The van der Waals surface area contributed by atoms with Gasteiger partial charge in [0, 0.05) is 19.0 Å². The zero-order valence-corrected chi connectivity index (χ0v) is 11.8. The molecule has 2 nitrogen and oxygen atoms in total. The van der Waals surface area contributed by atoms with Crippen molar-refractivity contribution >= 4 is 11.6 Å². The molecule has 1 unspecified atom stereocenters. The number of benzene rings is 1. The number of alkyl halides is 1. The highest BCUT2D eigenvalue weighted by atomic mass is 35.5. The van der Waals surface area contributed by atoms with E-state index in [1.54, 1.807) is 7.11 Å². The molecule has 0 aromatic heterocycles. The van der Waals surface area contributed by atoms with Crippen molar-refractivity contribution in [2.75, 3.05) is 32.6 Å². The Balaban J connectivity index is 1.79. The topological polar surface area (TPSA) is 12.5 Å². The van der Waals surface area contributed by atoms with Crippen molar-refractivity contribution in [2.45, 2.75) is 19.3 Å². The van der Waals surface area contributed by atoms with Crippen molar-refractivity contribution in [3.63, 3.8) is 0 Å². The molecule has 0 amide bonds. The van der Waals surface area contributed by atoms with E-state index in [0.29, 0.717) is 5.92 Å². The molecule has 0 bridgehead atoms. The van der Waals surface area contributed by atoms with Crippen molar-refractivity contribution in [3.05, 3.63) is 29.8 Å². The smallest absolute Gasteiger partial charge is 0.118 e. The van der Waals surface area contributed by atoms with Crippen molar-refractivity contribution in [1.29, 1.82) is 0 Å². The molecular formula is C15H22ClNO. The summed E-state index contributed by atoms with van der Waals surface area (Å²) in [5, 5.41) is 0. The third kappa shape index (κ3) is 3.89. The predicted octanol–water partition coefficient (Wildman–Crippen LogP) is 3.19. The van der Waals surface area contributed by atoms with Gasteiger partial charge in [-0.3, -0.25) is 0 Å². The van der Waals surface area contributed by atoms with Crippen LogP contribution in [0.25, 0.3) is 0 Å². The van der Waals surface area contributed by atoms with Gasteiger partial charge in [-0.2, -0.15) is 0 Å². The standard InChI is InChI=1S/C15H22ClNO/c1-18-15-6-4-13(5-7-15)8-10-17-9-2-3-14(11-16)12-17/h4-7,14H,2-3,8-12H2,1H3. The highest BCUT2D eigenvalue weighted by molar-refractivity contribution is 6.18. The minimum atomic E-state index is 0.691. The van der Waals surface area contributed by atoms with Crippen LogP contribution in [0.3, 0.4) is 0 Å². The first-order chi connectivity index (χ1) is 8.81. The number of halogens is 1. The van der Waals surface area contributed by atoms with Crippen LogP contribution in [0.4, 0.5) is 0 Å². The zero-order chi connectivity index (χ0) is 12.8. The molecule has 1 saturated heterocycles. The first-order valence-corrected chi connectivity index (χ1v) is 7.26. The second-order valence-corrected chi connectivity index (χ2v) is 5.37. The predicted molar refractivity (Wildman–Crippen MR) is 76.6 cm³/mol. The molecule has 1 fully saturated rings. The van der Waals surface area contributed by atoms with Gasteiger partial charge in [0.1, 0.15) is 5.75 Å². The Bertz CT molecular complexity index is 352. The molecule has 1 atom stereocenters. The van der Waals surface area contributed by atoms with Crippen LogP contribution in [-0.2, 0) is 6.42 Å². The quantitative estimate of drug-likeness (QED) is 0.760. The molecule has 3 heteroatoms. The summed E-state index contributed by atoms with van der Waals surface area (Å²) in [5.41, 5.74) is 1.38. The molecular weight excluding hydrogens is 246 g/mol. The van der Waals surface area contributed by atoms with Crippen LogP contribution in [0.2, 0.25) is 0 Å². The van der Waals surface area contributed by atoms with E-state index in [1.807, 2.05) is 12.1 Å². The number of ether oxygens (including phenoxy) is 1. The molecule has 0 saturated carbocycles. The van der Waals surface area contributed by atoms with E-state index in [9.17, 15) is 0 Å². The molecule has 2 rings (SSSR count). The fourth-order valence-electron chi connectivity index (χ4n) is 2.56. The zero-order valence-electron chi connectivity index (χ0n) is 11.1. The lowest BCUT2D eigenvalue weighted by atomic mass is 9.99. The lowest BCUT2D eigenvalue weighted by Crippen LogP contribution is -2.37. The van der Waals surface area contributed by atoms with Gasteiger partial charge >= 0.3 is 0 Å². The molecule has 0 spiro atoms. The van der Waals surface area contributed by atoms with E-state index in [0.717, 1.165) is 24.6 Å². The Labute approximate surface area is 115 Å². The Kier molecular flexibility index (Phi) is 5.33. The van der Waals surface area contributed by atoms with Gasteiger partial charge in [0.05, 0.1) is 7.11 Å². The molecule has 18 heavy (non-hydrogen) atoms. The fourth-order valence-corrected chi connectivity index (χ4v) is 2.81. The van der Waals surface area contributed by atoms with Crippen molar-refractivity contribution in [2.24, 2.45) is 5.92 Å². The Morgan fingerprint density at radius 2 is 2.11 bits per heavy atom. The second-order valence-electron chi connectivity index (χ2n) is 5.06. The van der Waals surface area contributed by atoms with E-state index < -0.39 is 0 Å². The molecule has 1 aliphatic heterocycles. The average Bonchev–Trinajstić information content (AvgIpc) is 2.46. The molecule has 1 aromatic rings. The molecule has 1 aromatic carbocycles. The normalized spacial score (nSPS) is 20.9. The largest absolute Gasteiger partial charge is 0.497 e. The molecule has 0 aliphatic carbocycles. The number of hydrogen-bond acceptors (Lipinski definition) is 2. The van der Waals surface area contributed by atoms with E-state index >= 15 is 0 Å². The summed E-state index contributed by atoms with van der Waals surface area (Å²) in [7, 11) is 1.70. The number of methoxy groups -OCH3 is 1. The first kappa shape index (κ1) is 13.7. The summed E-state index contributed by atoms with van der Waals surface area (Å²) in [6, 6.07) is 8.38. The summed E-state index contributed by atoms with van der Waals surface area (Å²) < 4.78 is 5.17. The van der Waals surface area contributed by atoms with Gasteiger partial charge < -0.3 is 9.64 Å². The average molecular weight is 268 g/mol. The minimum Gasteiger partial charge on any atom is -0.497 e. The number of piperidine rings is 1. The lowest BCUT2D eigenvalue weighted by molar-refractivity contribution is 0.187. The molecule has 1 aliphatic rings. The van der Waals surface area contributed by atoms with Gasteiger partial charge in [0.2, 0.25) is 0 Å². The third-order valence-electron chi connectivity index (χ3n) is 3.70. The number of nitrogens with zero attached hydrogens (tertiary/aromatic N) is 1. The van der Waals surface area contributed by atoms with Gasteiger partial charge in [-0.1, -0.05) is 12.1 Å². The summed E-state index contributed by atoms with van der Waals surface area (Å²) in [6.45, 7) is 3.53. The lowest BCUT2D eigenvalue weighted by Gasteiger charge is -2.31. The van der Waals surface area contributed by atoms with Crippen LogP contribution in [0, 0.1) is 5.92 Å².